The van der Waals surface area contributed by atoms with Crippen molar-refractivity contribution in [3.8, 4) is 11.3 Å². The molecule has 0 fully saturated rings. The van der Waals surface area contributed by atoms with Crippen molar-refractivity contribution in [3.63, 3.8) is 0 Å². The molecule has 1 aromatic carbocycles. The molecule has 7 N–H and O–H groups in total. The van der Waals surface area contributed by atoms with Gasteiger partial charge in [-0.05, 0) is 49.9 Å². The van der Waals surface area contributed by atoms with E-state index in [2.05, 4.69) is 20.3 Å². The number of rotatable bonds is 5. The minimum absolute atomic E-state index is 0.0158. The van der Waals surface area contributed by atoms with Crippen LogP contribution in [0.3, 0.4) is 0 Å². The van der Waals surface area contributed by atoms with Crippen molar-refractivity contribution in [3.05, 3.63) is 98.1 Å². The van der Waals surface area contributed by atoms with E-state index in [-0.39, 0.29) is 38.8 Å². The molecule has 15 heteroatoms. The fraction of sp³-hybridized carbons (Fsp3) is 0.310. The first kappa shape index (κ1) is 32.8. The maximum absolute atomic E-state index is 15.3. The zero-order valence-electron chi connectivity index (χ0n) is 23.9. The molecule has 1 aliphatic heterocycles. The molecule has 0 radical (unpaired) electrons. The number of alkyl halides is 2. The minimum Gasteiger partial charge on any atom is -0.401 e. The van der Waals surface area contributed by atoms with Gasteiger partial charge in [0.15, 0.2) is 5.82 Å². The number of nitrogens with zero attached hydrogens (tertiary/aromatic N) is 5. The highest BCUT2D eigenvalue weighted by molar-refractivity contribution is 6.31. The van der Waals surface area contributed by atoms with Crippen molar-refractivity contribution >= 4 is 34.6 Å². The molecule has 2 aromatic heterocycles. The molecule has 1 aliphatic rings. The summed E-state index contributed by atoms with van der Waals surface area (Å²) in [6.45, 7) is 1.11. The number of aromatic nitrogens is 3. The molecule has 2 bridgehead atoms. The Balaban J connectivity index is 1.86. The third-order valence-electron chi connectivity index (χ3n) is 7.10. The van der Waals surface area contributed by atoms with Crippen molar-refractivity contribution in [2.45, 2.75) is 45.7 Å². The Hall–Kier alpha value is -4.07. The van der Waals surface area contributed by atoms with Gasteiger partial charge in [0.2, 0.25) is 0 Å². The van der Waals surface area contributed by atoms with Crippen LogP contribution < -0.4 is 33.2 Å². The summed E-state index contributed by atoms with van der Waals surface area (Å²) in [4.78, 5) is 26.1. The Morgan fingerprint density at radius 3 is 2.64 bits per heavy atom. The van der Waals surface area contributed by atoms with Gasteiger partial charge in [-0.1, -0.05) is 36.5 Å². The Labute approximate surface area is 262 Å². The maximum atomic E-state index is 15.3. The van der Waals surface area contributed by atoms with E-state index in [9.17, 15) is 13.6 Å². The number of anilines is 1. The van der Waals surface area contributed by atoms with E-state index in [1.54, 1.807) is 19.1 Å². The van der Waals surface area contributed by atoms with Gasteiger partial charge in [0, 0.05) is 30.1 Å². The van der Waals surface area contributed by atoms with Gasteiger partial charge < -0.3 is 16.8 Å². The number of allylic oxidation sites excluding steroid dienone is 2. The van der Waals surface area contributed by atoms with E-state index < -0.39 is 24.0 Å². The fourth-order valence-electron chi connectivity index (χ4n) is 5.02. The van der Waals surface area contributed by atoms with Gasteiger partial charge in [0.25, 0.3) is 5.56 Å². The second-order valence-electron chi connectivity index (χ2n) is 10.4. The second-order valence-corrected chi connectivity index (χ2v) is 11.3. The maximum Gasteiger partial charge on any atom is 0.332 e. The van der Waals surface area contributed by atoms with Gasteiger partial charge in [-0.2, -0.15) is 8.78 Å². The summed E-state index contributed by atoms with van der Waals surface area (Å²) in [7, 11) is 0. The molecule has 4 rings (SSSR count). The summed E-state index contributed by atoms with van der Waals surface area (Å²) in [5.74, 6) is 5.32. The summed E-state index contributed by atoms with van der Waals surface area (Å²) >= 11 is 11.8. The number of halogens is 5. The number of hydrogen-bond acceptors (Lipinski definition) is 9. The number of benzene rings is 1. The zero-order valence-corrected chi connectivity index (χ0v) is 25.5. The number of nitrogens with one attached hydrogen (secondary N) is 1. The topological polar surface area (TPSA) is 153 Å². The molecule has 3 aromatic rings. The molecule has 3 heterocycles. The average molecular weight is 651 g/mol. The van der Waals surface area contributed by atoms with E-state index >= 15 is 4.39 Å². The Morgan fingerprint density at radius 1 is 1.23 bits per heavy atom. The standard InChI is InChI=1S/C29H32Cl2F3N9O/c1-15-4-3-5-21(19-10-17(8-9-38-19)28(41-29(33)34)27(16(2)35)39-12-15)42-14-40-20(11-24(42)44)25-22(43(37)13-23(31)36)7-6-18(30)26(25)32/h6-11,13-15,21,29,39H,3-5,12,35-37H2,1-2H3. The Bertz CT molecular complexity index is 1670. The highest BCUT2D eigenvalue weighted by atomic mass is 35.5. The van der Waals surface area contributed by atoms with Gasteiger partial charge in [-0.3, -0.25) is 19.4 Å². The molecular weight excluding hydrogens is 618 g/mol. The Morgan fingerprint density at radius 2 is 1.98 bits per heavy atom. The lowest BCUT2D eigenvalue weighted by molar-refractivity contribution is 0.160. The van der Waals surface area contributed by atoms with Gasteiger partial charge >= 0.3 is 6.55 Å². The molecule has 0 aliphatic carbocycles. The summed E-state index contributed by atoms with van der Waals surface area (Å²) in [5.41, 5.74) is 12.4. The number of hydrogen-bond donors (Lipinski definition) is 4. The second kappa shape index (κ2) is 14.1. The lowest BCUT2D eigenvalue weighted by atomic mass is 9.96. The van der Waals surface area contributed by atoms with Gasteiger partial charge in [-0.15, -0.1) is 0 Å². The number of hydrazine groups is 1. The Kier molecular flexibility index (Phi) is 10.6. The number of nitrogens with two attached hydrogens (primary N) is 3. The summed E-state index contributed by atoms with van der Waals surface area (Å²) in [6.07, 6.45) is 5.84. The lowest BCUT2D eigenvalue weighted by Gasteiger charge is -2.24. The van der Waals surface area contributed by atoms with Crippen LogP contribution in [0.15, 0.2) is 75.4 Å². The van der Waals surface area contributed by atoms with Crippen LogP contribution in [0.1, 0.15) is 50.4 Å². The first-order valence-corrected chi connectivity index (χ1v) is 14.4. The highest BCUT2D eigenvalue weighted by Gasteiger charge is 2.24. The lowest BCUT2D eigenvalue weighted by Crippen LogP contribution is -2.31. The van der Waals surface area contributed by atoms with Crippen LogP contribution in [0.25, 0.3) is 11.3 Å². The van der Waals surface area contributed by atoms with Crippen molar-refractivity contribution in [2.24, 2.45) is 28.2 Å². The fourth-order valence-corrected chi connectivity index (χ4v) is 5.28. The predicted octanol–water partition coefficient (Wildman–Crippen LogP) is 4.98. The minimum atomic E-state index is -2.99. The van der Waals surface area contributed by atoms with Gasteiger partial charge in [0.05, 0.1) is 57.6 Å². The average Bonchev–Trinajstić information content (AvgIpc) is 2.95. The molecule has 10 nitrogen and oxygen atoms in total. The first-order valence-electron chi connectivity index (χ1n) is 13.6. The third kappa shape index (κ3) is 7.52. The van der Waals surface area contributed by atoms with Gasteiger partial charge in [-0.25, -0.2) is 20.2 Å². The predicted molar refractivity (Wildman–Crippen MR) is 167 cm³/mol. The van der Waals surface area contributed by atoms with Crippen LogP contribution in [-0.2, 0) is 0 Å². The number of fused-ring (bicyclic) bond motifs is 2. The molecule has 0 amide bonds. The normalized spacial score (nSPS) is 20.1. The van der Waals surface area contributed by atoms with Crippen LogP contribution >= 0.6 is 23.2 Å². The van der Waals surface area contributed by atoms with Crippen LogP contribution in [0.4, 0.5) is 18.9 Å². The molecule has 0 spiro atoms. The number of aliphatic imine (C=N–C) groups is 1. The van der Waals surface area contributed by atoms with Gasteiger partial charge in [0.1, 0.15) is 5.16 Å². The molecular formula is C29H32Cl2F3N9O. The van der Waals surface area contributed by atoms with Crippen LogP contribution in [-0.4, -0.2) is 33.3 Å². The quantitative estimate of drug-likeness (QED) is 0.172. The molecule has 44 heavy (non-hydrogen) atoms. The zero-order chi connectivity index (χ0) is 32.1. The van der Waals surface area contributed by atoms with E-state index in [0.29, 0.717) is 42.0 Å². The monoisotopic (exact) mass is 649 g/mol. The van der Waals surface area contributed by atoms with E-state index in [1.165, 1.54) is 29.2 Å². The SMILES string of the molecule is CC(N)=C1NCC(C)CCCC(n2cnc(-c3c(N(N)C=C(N)Cl)ccc(Cl)c3F)cc2=O)c2cc(ccn2)C1=NC(F)F. The van der Waals surface area contributed by atoms with Crippen molar-refractivity contribution < 1.29 is 13.2 Å². The summed E-state index contributed by atoms with van der Waals surface area (Å²) in [6, 6.07) is 6.42. The molecule has 234 valence electrons. The van der Waals surface area contributed by atoms with Crippen LogP contribution in [0.2, 0.25) is 5.02 Å². The van der Waals surface area contributed by atoms with E-state index in [4.69, 9.17) is 40.5 Å². The van der Waals surface area contributed by atoms with Crippen molar-refractivity contribution in [1.29, 1.82) is 0 Å². The summed E-state index contributed by atoms with van der Waals surface area (Å²) in [5, 5.41) is 3.81. The van der Waals surface area contributed by atoms with Crippen molar-refractivity contribution in [1.82, 2.24) is 19.9 Å². The summed E-state index contributed by atoms with van der Waals surface area (Å²) < 4.78 is 43.9. The molecule has 2 atom stereocenters. The van der Waals surface area contributed by atoms with Crippen LogP contribution in [0.5, 0.6) is 0 Å². The van der Waals surface area contributed by atoms with Crippen molar-refractivity contribution in [2.75, 3.05) is 11.6 Å². The third-order valence-corrected chi connectivity index (χ3v) is 7.49. The van der Waals surface area contributed by atoms with E-state index in [1.807, 2.05) is 6.92 Å². The molecule has 2 unspecified atom stereocenters. The molecule has 0 saturated carbocycles. The highest BCUT2D eigenvalue weighted by Crippen LogP contribution is 2.35. The van der Waals surface area contributed by atoms with E-state index in [0.717, 1.165) is 23.7 Å². The smallest absolute Gasteiger partial charge is 0.332 e. The molecule has 0 saturated heterocycles. The van der Waals surface area contributed by atoms with Crippen LogP contribution in [0, 0.1) is 11.7 Å². The largest absolute Gasteiger partial charge is 0.401 e. The first-order chi connectivity index (χ1) is 20.9. The number of pyridine rings is 1.